The third-order valence-corrected chi connectivity index (χ3v) is 2.33. The Morgan fingerprint density at radius 1 is 1.25 bits per heavy atom. The third-order valence-electron chi connectivity index (χ3n) is 1.63. The minimum atomic E-state index is -4.05. The van der Waals surface area contributed by atoms with Crippen LogP contribution in [0, 0.1) is 0 Å². The Balaban J connectivity index is 2.64. The second-order valence-corrected chi connectivity index (χ2v) is 4.51. The van der Waals surface area contributed by atoms with Gasteiger partial charge in [0.2, 0.25) is 0 Å². The van der Waals surface area contributed by atoms with Gasteiger partial charge in [0, 0.05) is 0 Å². The molecule has 16 heavy (non-hydrogen) atoms. The molecule has 0 saturated carbocycles. The zero-order valence-electron chi connectivity index (χ0n) is 8.16. The maximum absolute atomic E-state index is 10.5. The van der Waals surface area contributed by atoms with Gasteiger partial charge in [-0.2, -0.15) is 8.42 Å². The van der Waals surface area contributed by atoms with Crippen LogP contribution in [0.4, 0.5) is 0 Å². The second-order valence-electron chi connectivity index (χ2n) is 3.05. The summed E-state index contributed by atoms with van der Waals surface area (Å²) in [5.41, 5.74) is 0.394. The van der Waals surface area contributed by atoms with Crippen LogP contribution in [0.1, 0.15) is 5.56 Å². The Morgan fingerprint density at radius 3 is 2.25 bits per heavy atom. The van der Waals surface area contributed by atoms with E-state index in [0.29, 0.717) is 11.3 Å². The van der Waals surface area contributed by atoms with E-state index in [1.807, 2.05) is 0 Å². The molecule has 0 atom stereocenters. The quantitative estimate of drug-likeness (QED) is 0.735. The van der Waals surface area contributed by atoms with Gasteiger partial charge in [-0.05, 0) is 17.7 Å². The molecule has 1 aromatic carbocycles. The average Bonchev–Trinajstić information content (AvgIpc) is 2.14. The molecule has 2 N–H and O–H groups in total. The van der Waals surface area contributed by atoms with Gasteiger partial charge in [0.1, 0.15) is 11.5 Å². The van der Waals surface area contributed by atoms with Gasteiger partial charge in [-0.3, -0.25) is 4.55 Å². The molecule has 0 aliphatic rings. The normalized spacial score (nSPS) is 11.1. The Hall–Kier alpha value is -1.60. The number of aliphatic carboxylic acids is 1. The Kier molecular flexibility index (Phi) is 3.86. The first-order valence-corrected chi connectivity index (χ1v) is 5.86. The lowest BCUT2D eigenvalue weighted by atomic mass is 10.2. The summed E-state index contributed by atoms with van der Waals surface area (Å²) in [6.45, 7) is -0.461. The number of carboxylic acid groups (broad SMARTS) is 1. The smallest absolute Gasteiger partial charge is 0.341 e. The maximum Gasteiger partial charge on any atom is 0.341 e. The highest BCUT2D eigenvalue weighted by Gasteiger charge is 2.06. The van der Waals surface area contributed by atoms with Crippen LogP contribution in [0.3, 0.4) is 0 Å². The molecule has 0 amide bonds. The maximum atomic E-state index is 10.5. The molecule has 0 fully saturated rings. The van der Waals surface area contributed by atoms with E-state index < -0.39 is 28.4 Å². The van der Waals surface area contributed by atoms with Crippen molar-refractivity contribution in [2.75, 3.05) is 6.61 Å². The number of hydrogen-bond acceptors (Lipinski definition) is 4. The Morgan fingerprint density at radius 2 is 1.81 bits per heavy atom. The van der Waals surface area contributed by atoms with Crippen molar-refractivity contribution in [2.24, 2.45) is 0 Å². The molecule has 7 heteroatoms. The first-order chi connectivity index (χ1) is 7.37. The molecule has 0 spiro atoms. The highest BCUT2D eigenvalue weighted by atomic mass is 32.2. The van der Waals surface area contributed by atoms with Crippen molar-refractivity contribution in [2.45, 2.75) is 5.75 Å². The van der Waals surface area contributed by atoms with E-state index in [9.17, 15) is 13.2 Å². The van der Waals surface area contributed by atoms with E-state index >= 15 is 0 Å². The van der Waals surface area contributed by atoms with Crippen LogP contribution in [-0.2, 0) is 20.7 Å². The average molecular weight is 246 g/mol. The van der Waals surface area contributed by atoms with Crippen LogP contribution >= 0.6 is 0 Å². The van der Waals surface area contributed by atoms with E-state index in [1.54, 1.807) is 0 Å². The molecule has 0 saturated heterocycles. The van der Waals surface area contributed by atoms with Crippen molar-refractivity contribution in [1.29, 1.82) is 0 Å². The van der Waals surface area contributed by atoms with E-state index in [-0.39, 0.29) is 0 Å². The largest absolute Gasteiger partial charge is 0.482 e. The summed E-state index contributed by atoms with van der Waals surface area (Å²) in [4.78, 5) is 10.2. The highest BCUT2D eigenvalue weighted by Crippen LogP contribution is 2.13. The summed E-state index contributed by atoms with van der Waals surface area (Å²) >= 11 is 0. The standard InChI is InChI=1S/C9H10O6S/c10-9(11)5-15-8-3-1-7(2-4-8)6-16(12,13)14/h1-4H,5-6H2,(H,10,11)(H,12,13,14). The summed E-state index contributed by atoms with van der Waals surface area (Å²) in [6.07, 6.45) is 0. The minimum Gasteiger partial charge on any atom is -0.482 e. The van der Waals surface area contributed by atoms with Crippen molar-refractivity contribution in [1.82, 2.24) is 0 Å². The zero-order chi connectivity index (χ0) is 12.2. The summed E-state index contributed by atoms with van der Waals surface area (Å²) in [5, 5.41) is 8.34. The molecule has 1 rings (SSSR count). The van der Waals surface area contributed by atoms with Gasteiger partial charge in [-0.15, -0.1) is 0 Å². The molecule has 0 aliphatic carbocycles. The van der Waals surface area contributed by atoms with Crippen LogP contribution < -0.4 is 4.74 Å². The minimum absolute atomic E-state index is 0.321. The molecule has 0 unspecified atom stereocenters. The topological polar surface area (TPSA) is 101 Å². The molecule has 0 radical (unpaired) electrons. The molecule has 0 heterocycles. The molecular weight excluding hydrogens is 236 g/mol. The van der Waals surface area contributed by atoms with Crippen molar-refractivity contribution in [3.8, 4) is 5.75 Å². The number of carbonyl (C=O) groups is 1. The van der Waals surface area contributed by atoms with Gasteiger partial charge in [0.15, 0.2) is 6.61 Å². The fourth-order valence-electron chi connectivity index (χ4n) is 1.04. The fraction of sp³-hybridized carbons (Fsp3) is 0.222. The van der Waals surface area contributed by atoms with Crippen molar-refractivity contribution >= 4 is 16.1 Å². The molecular formula is C9H10O6S. The molecule has 6 nitrogen and oxygen atoms in total. The zero-order valence-corrected chi connectivity index (χ0v) is 8.98. The van der Waals surface area contributed by atoms with E-state index in [0.717, 1.165) is 0 Å². The molecule has 88 valence electrons. The second kappa shape index (κ2) is 4.95. The van der Waals surface area contributed by atoms with Crippen LogP contribution in [0.2, 0.25) is 0 Å². The first kappa shape index (κ1) is 12.5. The number of benzene rings is 1. The van der Waals surface area contributed by atoms with Crippen molar-refractivity contribution in [3.05, 3.63) is 29.8 Å². The Bertz CT molecular complexity index is 461. The van der Waals surface area contributed by atoms with E-state index in [4.69, 9.17) is 14.4 Å². The fourth-order valence-corrected chi connectivity index (χ4v) is 1.65. The SMILES string of the molecule is O=C(O)COc1ccc(CS(=O)(=O)O)cc1. The Labute approximate surface area is 92.2 Å². The summed E-state index contributed by atoms with van der Waals surface area (Å²) in [7, 11) is -4.05. The van der Waals surface area contributed by atoms with Gasteiger partial charge in [0.25, 0.3) is 10.1 Å². The number of ether oxygens (including phenoxy) is 1. The lowest BCUT2D eigenvalue weighted by Gasteiger charge is -2.03. The van der Waals surface area contributed by atoms with E-state index in [2.05, 4.69) is 0 Å². The molecule has 0 aliphatic heterocycles. The number of rotatable bonds is 5. The first-order valence-electron chi connectivity index (χ1n) is 4.25. The van der Waals surface area contributed by atoms with Gasteiger partial charge in [-0.1, -0.05) is 12.1 Å². The lowest BCUT2D eigenvalue weighted by molar-refractivity contribution is -0.139. The van der Waals surface area contributed by atoms with Gasteiger partial charge >= 0.3 is 5.97 Å². The molecule has 0 aromatic heterocycles. The van der Waals surface area contributed by atoms with Crippen molar-refractivity contribution < 1.29 is 27.6 Å². The third kappa shape index (κ3) is 4.76. The summed E-state index contributed by atoms with van der Waals surface area (Å²) in [6, 6.07) is 5.74. The highest BCUT2D eigenvalue weighted by molar-refractivity contribution is 7.85. The van der Waals surface area contributed by atoms with Crippen LogP contribution in [0.5, 0.6) is 5.75 Å². The predicted octanol–water partition coefficient (Wildman–Crippen LogP) is 0.538. The number of carboxylic acids is 1. The van der Waals surface area contributed by atoms with E-state index in [1.165, 1.54) is 24.3 Å². The van der Waals surface area contributed by atoms with Gasteiger partial charge < -0.3 is 9.84 Å². The lowest BCUT2D eigenvalue weighted by Crippen LogP contribution is -2.09. The molecule has 1 aromatic rings. The summed E-state index contributed by atoms with van der Waals surface area (Å²) < 4.78 is 34.5. The monoisotopic (exact) mass is 246 g/mol. The van der Waals surface area contributed by atoms with Crippen LogP contribution in [-0.4, -0.2) is 30.7 Å². The number of hydrogen-bond donors (Lipinski definition) is 2. The van der Waals surface area contributed by atoms with Gasteiger partial charge in [-0.25, -0.2) is 4.79 Å². The predicted molar refractivity (Wildman–Crippen MR) is 54.8 cm³/mol. The molecule has 0 bridgehead atoms. The van der Waals surface area contributed by atoms with Crippen LogP contribution in [0.15, 0.2) is 24.3 Å². The van der Waals surface area contributed by atoms with Crippen molar-refractivity contribution in [3.63, 3.8) is 0 Å². The van der Waals surface area contributed by atoms with Crippen LogP contribution in [0.25, 0.3) is 0 Å². The summed E-state index contributed by atoms with van der Waals surface area (Å²) in [5.74, 6) is -1.25. The van der Waals surface area contributed by atoms with Gasteiger partial charge in [0.05, 0.1) is 0 Å².